The van der Waals surface area contributed by atoms with Gasteiger partial charge in [0.05, 0.1) is 0 Å². The van der Waals surface area contributed by atoms with Crippen LogP contribution in [0.15, 0.2) is 0 Å². The number of nitrogens with one attached hydrogen (secondary N) is 1. The molecule has 0 amide bonds. The Kier molecular flexibility index (Phi) is 5.07. The molecule has 1 saturated carbocycles. The zero-order chi connectivity index (χ0) is 11.3. The highest BCUT2D eigenvalue weighted by molar-refractivity contribution is 4.85. The van der Waals surface area contributed by atoms with Gasteiger partial charge in [-0.3, -0.25) is 0 Å². The Hall–Kier alpha value is -0.0800. The van der Waals surface area contributed by atoms with E-state index in [1.165, 1.54) is 38.6 Å². The van der Waals surface area contributed by atoms with Gasteiger partial charge in [0.1, 0.15) is 0 Å². The first-order chi connectivity index (χ1) is 7.09. The van der Waals surface area contributed by atoms with Crippen LogP contribution in [0.5, 0.6) is 0 Å². The summed E-state index contributed by atoms with van der Waals surface area (Å²) in [5.74, 6) is 0.584. The smallest absolute Gasteiger partial charge is 0.00482 e. The zero-order valence-corrected chi connectivity index (χ0v) is 10.7. The van der Waals surface area contributed by atoms with Gasteiger partial charge in [-0.05, 0) is 44.1 Å². The summed E-state index contributed by atoms with van der Waals surface area (Å²) in [5.41, 5.74) is 6.46. The van der Waals surface area contributed by atoms with Gasteiger partial charge in [0.25, 0.3) is 0 Å². The molecule has 0 heterocycles. The minimum Gasteiger partial charge on any atom is -0.328 e. The summed E-state index contributed by atoms with van der Waals surface area (Å²) < 4.78 is 0. The Bertz CT molecular complexity index is 171. The van der Waals surface area contributed by atoms with Crippen LogP contribution in [0.2, 0.25) is 0 Å². The summed E-state index contributed by atoms with van der Waals surface area (Å²) in [5, 5.41) is 3.62. The lowest BCUT2D eigenvalue weighted by Gasteiger charge is -2.29. The van der Waals surface area contributed by atoms with Gasteiger partial charge in [-0.2, -0.15) is 0 Å². The molecule has 0 aromatic carbocycles. The van der Waals surface area contributed by atoms with E-state index in [4.69, 9.17) is 5.73 Å². The van der Waals surface area contributed by atoms with Gasteiger partial charge >= 0.3 is 0 Å². The van der Waals surface area contributed by atoms with E-state index in [1.807, 2.05) is 0 Å². The van der Waals surface area contributed by atoms with Gasteiger partial charge in [-0.1, -0.05) is 26.7 Å². The van der Waals surface area contributed by atoms with Crippen molar-refractivity contribution in [2.24, 2.45) is 17.1 Å². The van der Waals surface area contributed by atoms with E-state index in [0.29, 0.717) is 17.4 Å². The van der Waals surface area contributed by atoms with Crippen LogP contribution in [-0.4, -0.2) is 19.1 Å². The molecule has 0 aromatic heterocycles. The first-order valence-electron chi connectivity index (χ1n) is 6.56. The van der Waals surface area contributed by atoms with Gasteiger partial charge in [-0.25, -0.2) is 0 Å². The molecular weight excluding hydrogens is 184 g/mol. The minimum atomic E-state index is 0.304. The van der Waals surface area contributed by atoms with Crippen LogP contribution in [0, 0.1) is 11.3 Å². The second-order valence-corrected chi connectivity index (χ2v) is 5.53. The maximum absolute atomic E-state index is 5.86. The molecule has 3 N–H and O–H groups in total. The van der Waals surface area contributed by atoms with Crippen molar-refractivity contribution in [2.75, 3.05) is 13.1 Å². The molecular formula is C13H28N2. The molecule has 2 heteroatoms. The summed E-state index contributed by atoms with van der Waals surface area (Å²) in [6.07, 6.45) is 7.02. The fourth-order valence-electron chi connectivity index (χ4n) is 2.53. The van der Waals surface area contributed by atoms with Crippen molar-refractivity contribution in [3.05, 3.63) is 0 Å². The number of nitrogens with two attached hydrogens (primary N) is 1. The Morgan fingerprint density at radius 2 is 1.87 bits per heavy atom. The molecule has 1 rings (SSSR count). The topological polar surface area (TPSA) is 38.0 Å². The third-order valence-corrected chi connectivity index (χ3v) is 4.28. The van der Waals surface area contributed by atoms with Crippen LogP contribution in [0.25, 0.3) is 0 Å². The molecule has 0 aromatic rings. The Morgan fingerprint density at radius 3 is 2.33 bits per heavy atom. The highest BCUT2D eigenvalue weighted by atomic mass is 14.9. The molecule has 1 fully saturated rings. The molecule has 90 valence electrons. The van der Waals surface area contributed by atoms with E-state index in [-0.39, 0.29) is 0 Å². The molecule has 2 atom stereocenters. The summed E-state index contributed by atoms with van der Waals surface area (Å²) in [4.78, 5) is 0. The number of hydrogen-bond donors (Lipinski definition) is 2. The first-order valence-corrected chi connectivity index (χ1v) is 6.56. The van der Waals surface area contributed by atoms with Gasteiger partial charge < -0.3 is 11.1 Å². The molecule has 0 aliphatic heterocycles. The maximum Gasteiger partial charge on any atom is 0.00482 e. The highest BCUT2D eigenvalue weighted by Gasteiger charge is 2.31. The van der Waals surface area contributed by atoms with E-state index in [9.17, 15) is 0 Å². The van der Waals surface area contributed by atoms with E-state index in [2.05, 4.69) is 26.1 Å². The van der Waals surface area contributed by atoms with Crippen LogP contribution in [0.4, 0.5) is 0 Å². The Morgan fingerprint density at radius 1 is 1.27 bits per heavy atom. The van der Waals surface area contributed by atoms with E-state index >= 15 is 0 Å². The normalized spacial score (nSPS) is 24.0. The van der Waals surface area contributed by atoms with E-state index in [0.717, 1.165) is 6.54 Å². The second kappa shape index (κ2) is 5.86. The molecule has 0 bridgehead atoms. The van der Waals surface area contributed by atoms with E-state index < -0.39 is 0 Å². The summed E-state index contributed by atoms with van der Waals surface area (Å²) in [6, 6.07) is 0.304. The van der Waals surface area contributed by atoms with Crippen LogP contribution in [0.3, 0.4) is 0 Å². The average molecular weight is 212 g/mol. The summed E-state index contributed by atoms with van der Waals surface area (Å²) in [6.45, 7) is 8.92. The van der Waals surface area contributed by atoms with Crippen LogP contribution in [0.1, 0.15) is 52.9 Å². The van der Waals surface area contributed by atoms with Crippen LogP contribution < -0.4 is 11.1 Å². The van der Waals surface area contributed by atoms with Crippen molar-refractivity contribution in [3.8, 4) is 0 Å². The molecule has 0 radical (unpaired) electrons. The number of rotatable bonds is 6. The minimum absolute atomic E-state index is 0.304. The Labute approximate surface area is 95.0 Å². The van der Waals surface area contributed by atoms with Crippen LogP contribution >= 0.6 is 0 Å². The summed E-state index contributed by atoms with van der Waals surface area (Å²) >= 11 is 0. The maximum atomic E-state index is 5.86. The monoisotopic (exact) mass is 212 g/mol. The van der Waals surface area contributed by atoms with Gasteiger partial charge in [0.2, 0.25) is 0 Å². The SMILES string of the molecule is CCC1(CNCC(C)C(C)N)CCCC1. The lowest BCUT2D eigenvalue weighted by atomic mass is 9.83. The van der Waals surface area contributed by atoms with E-state index in [1.54, 1.807) is 0 Å². The third-order valence-electron chi connectivity index (χ3n) is 4.28. The third kappa shape index (κ3) is 3.76. The number of hydrogen-bond acceptors (Lipinski definition) is 2. The van der Waals surface area contributed by atoms with Gasteiger partial charge in [0.15, 0.2) is 0 Å². The second-order valence-electron chi connectivity index (χ2n) is 5.53. The van der Waals surface area contributed by atoms with Crippen molar-refractivity contribution >= 4 is 0 Å². The average Bonchev–Trinajstić information content (AvgIpc) is 2.67. The molecule has 0 spiro atoms. The largest absolute Gasteiger partial charge is 0.328 e. The molecule has 2 nitrogen and oxygen atoms in total. The standard InChI is InChI=1S/C13H28N2/c1-4-13(7-5-6-8-13)10-15-9-11(2)12(3)14/h11-12,15H,4-10,14H2,1-3H3. The van der Waals surface area contributed by atoms with Crippen molar-refractivity contribution < 1.29 is 0 Å². The Balaban J connectivity index is 2.23. The first kappa shape index (κ1) is 13.0. The lowest BCUT2D eigenvalue weighted by molar-refractivity contribution is 0.260. The highest BCUT2D eigenvalue weighted by Crippen LogP contribution is 2.40. The van der Waals surface area contributed by atoms with Crippen molar-refractivity contribution in [3.63, 3.8) is 0 Å². The molecule has 0 saturated heterocycles. The van der Waals surface area contributed by atoms with Gasteiger partial charge in [0, 0.05) is 12.6 Å². The van der Waals surface area contributed by atoms with Crippen molar-refractivity contribution in [1.82, 2.24) is 5.32 Å². The van der Waals surface area contributed by atoms with Gasteiger partial charge in [-0.15, -0.1) is 0 Å². The summed E-state index contributed by atoms with van der Waals surface area (Å²) in [7, 11) is 0. The fourth-order valence-corrected chi connectivity index (χ4v) is 2.53. The molecule has 1 aliphatic carbocycles. The van der Waals surface area contributed by atoms with Crippen molar-refractivity contribution in [2.45, 2.75) is 58.9 Å². The predicted molar refractivity (Wildman–Crippen MR) is 66.9 cm³/mol. The molecule has 2 unspecified atom stereocenters. The molecule has 15 heavy (non-hydrogen) atoms. The zero-order valence-electron chi connectivity index (χ0n) is 10.7. The van der Waals surface area contributed by atoms with Crippen LogP contribution in [-0.2, 0) is 0 Å². The lowest BCUT2D eigenvalue weighted by Crippen LogP contribution is -2.38. The molecule has 1 aliphatic rings. The fraction of sp³-hybridized carbons (Fsp3) is 1.00. The van der Waals surface area contributed by atoms with Crippen molar-refractivity contribution in [1.29, 1.82) is 0 Å². The predicted octanol–water partition coefficient (Wildman–Crippen LogP) is 2.53. The quantitative estimate of drug-likeness (QED) is 0.710.